The number of nitrogens with zero attached hydrogens (tertiary/aromatic N) is 1. The molecule has 0 aromatic heterocycles. The molecule has 18 heavy (non-hydrogen) atoms. The lowest BCUT2D eigenvalue weighted by molar-refractivity contribution is 0.0703. The number of hydrogen-bond acceptors (Lipinski definition) is 2. The van der Waals surface area contributed by atoms with Gasteiger partial charge in [0.25, 0.3) is 5.91 Å². The molecule has 1 fully saturated rings. The van der Waals surface area contributed by atoms with E-state index in [0.29, 0.717) is 6.04 Å². The summed E-state index contributed by atoms with van der Waals surface area (Å²) in [6.45, 7) is 6.71. The smallest absolute Gasteiger partial charge is 0.254 e. The number of benzene rings is 1. The summed E-state index contributed by atoms with van der Waals surface area (Å²) in [6, 6.07) is 6.14. The standard InChI is InChI=1S/C14H19BrN2O/c1-3-17(11-7-8-16-9-11)14(18)12-5-4-6-13(15)10(12)2/h4-6,11,16H,3,7-9H2,1-2H3. The first kappa shape index (κ1) is 13.6. The summed E-state index contributed by atoms with van der Waals surface area (Å²) in [7, 11) is 0. The van der Waals surface area contributed by atoms with Crippen LogP contribution in [-0.4, -0.2) is 36.5 Å². The zero-order valence-corrected chi connectivity index (χ0v) is 12.5. The minimum Gasteiger partial charge on any atom is -0.335 e. The van der Waals surface area contributed by atoms with Crippen LogP contribution in [0.2, 0.25) is 0 Å². The highest BCUT2D eigenvalue weighted by Crippen LogP contribution is 2.22. The molecule has 1 amide bonds. The second-order valence-corrected chi connectivity index (χ2v) is 5.50. The Hall–Kier alpha value is -0.870. The topological polar surface area (TPSA) is 32.3 Å². The molecule has 0 saturated carbocycles. The highest BCUT2D eigenvalue weighted by atomic mass is 79.9. The molecule has 1 unspecified atom stereocenters. The van der Waals surface area contributed by atoms with Crippen LogP contribution in [0.15, 0.2) is 22.7 Å². The van der Waals surface area contributed by atoms with Gasteiger partial charge in [-0.2, -0.15) is 0 Å². The molecular formula is C14H19BrN2O. The maximum Gasteiger partial charge on any atom is 0.254 e. The Balaban J connectivity index is 2.25. The lowest BCUT2D eigenvalue weighted by atomic mass is 10.1. The summed E-state index contributed by atoms with van der Waals surface area (Å²) in [6.07, 6.45) is 1.05. The fraction of sp³-hybridized carbons (Fsp3) is 0.500. The molecule has 3 nitrogen and oxygen atoms in total. The van der Waals surface area contributed by atoms with Gasteiger partial charge in [0.2, 0.25) is 0 Å². The van der Waals surface area contributed by atoms with Crippen LogP contribution in [0.3, 0.4) is 0 Å². The quantitative estimate of drug-likeness (QED) is 0.930. The number of likely N-dealkylation sites (N-methyl/N-ethyl adjacent to an activating group) is 1. The second-order valence-electron chi connectivity index (χ2n) is 4.65. The summed E-state index contributed by atoms with van der Waals surface area (Å²) in [5.74, 6) is 0.144. The van der Waals surface area contributed by atoms with Crippen molar-refractivity contribution in [3.05, 3.63) is 33.8 Å². The SMILES string of the molecule is CCN(C(=O)c1cccc(Br)c1C)C1CCNC1. The van der Waals surface area contributed by atoms with Gasteiger partial charge in [0.1, 0.15) is 0 Å². The number of amides is 1. The van der Waals surface area contributed by atoms with E-state index >= 15 is 0 Å². The van der Waals surface area contributed by atoms with E-state index in [4.69, 9.17) is 0 Å². The average molecular weight is 311 g/mol. The molecule has 1 atom stereocenters. The fourth-order valence-corrected chi connectivity index (χ4v) is 2.83. The molecule has 0 spiro atoms. The third kappa shape index (κ3) is 2.59. The monoisotopic (exact) mass is 310 g/mol. The Morgan fingerprint density at radius 1 is 1.56 bits per heavy atom. The molecule has 0 radical (unpaired) electrons. The molecule has 4 heteroatoms. The van der Waals surface area contributed by atoms with Crippen molar-refractivity contribution in [1.29, 1.82) is 0 Å². The molecule has 1 aromatic rings. The number of rotatable bonds is 3. The van der Waals surface area contributed by atoms with Crippen LogP contribution in [0.25, 0.3) is 0 Å². The van der Waals surface area contributed by atoms with Crippen molar-refractivity contribution in [3.8, 4) is 0 Å². The van der Waals surface area contributed by atoms with E-state index < -0.39 is 0 Å². The summed E-state index contributed by atoms with van der Waals surface area (Å²) < 4.78 is 0.994. The van der Waals surface area contributed by atoms with E-state index in [9.17, 15) is 4.79 Å². The Bertz CT molecular complexity index is 441. The van der Waals surface area contributed by atoms with Gasteiger partial charge in [0.05, 0.1) is 0 Å². The van der Waals surface area contributed by atoms with E-state index in [0.717, 1.165) is 41.7 Å². The number of carbonyl (C=O) groups is 1. The maximum atomic E-state index is 12.6. The summed E-state index contributed by atoms with van der Waals surface area (Å²) in [5.41, 5.74) is 1.82. The van der Waals surface area contributed by atoms with Crippen molar-refractivity contribution >= 4 is 21.8 Å². The zero-order valence-electron chi connectivity index (χ0n) is 10.9. The van der Waals surface area contributed by atoms with Crippen LogP contribution in [0.1, 0.15) is 29.3 Å². The van der Waals surface area contributed by atoms with Gasteiger partial charge < -0.3 is 10.2 Å². The minimum absolute atomic E-state index is 0.144. The van der Waals surface area contributed by atoms with Crippen LogP contribution < -0.4 is 5.32 Å². The van der Waals surface area contributed by atoms with E-state index in [2.05, 4.69) is 21.2 Å². The molecular weight excluding hydrogens is 292 g/mol. The number of hydrogen-bond donors (Lipinski definition) is 1. The largest absolute Gasteiger partial charge is 0.335 e. The summed E-state index contributed by atoms with van der Waals surface area (Å²) in [4.78, 5) is 14.6. The van der Waals surface area contributed by atoms with Crippen LogP contribution in [-0.2, 0) is 0 Å². The van der Waals surface area contributed by atoms with Crippen LogP contribution in [0.5, 0.6) is 0 Å². The lowest BCUT2D eigenvalue weighted by Crippen LogP contribution is -2.41. The average Bonchev–Trinajstić information content (AvgIpc) is 2.87. The highest BCUT2D eigenvalue weighted by molar-refractivity contribution is 9.10. The van der Waals surface area contributed by atoms with Crippen LogP contribution >= 0.6 is 15.9 Å². The van der Waals surface area contributed by atoms with Gasteiger partial charge in [-0.1, -0.05) is 22.0 Å². The third-order valence-electron chi connectivity index (χ3n) is 3.57. The lowest BCUT2D eigenvalue weighted by Gasteiger charge is -2.28. The van der Waals surface area contributed by atoms with Crippen molar-refractivity contribution < 1.29 is 4.79 Å². The molecule has 2 rings (SSSR count). The van der Waals surface area contributed by atoms with E-state index in [1.54, 1.807) is 0 Å². The molecule has 98 valence electrons. The maximum absolute atomic E-state index is 12.6. The van der Waals surface area contributed by atoms with Gasteiger partial charge in [0.15, 0.2) is 0 Å². The molecule has 1 heterocycles. The van der Waals surface area contributed by atoms with Gasteiger partial charge >= 0.3 is 0 Å². The predicted molar refractivity (Wildman–Crippen MR) is 76.9 cm³/mol. The normalized spacial score (nSPS) is 18.9. The van der Waals surface area contributed by atoms with E-state index in [-0.39, 0.29) is 5.91 Å². The number of carbonyl (C=O) groups excluding carboxylic acids is 1. The third-order valence-corrected chi connectivity index (χ3v) is 4.43. The first-order valence-electron chi connectivity index (χ1n) is 6.42. The van der Waals surface area contributed by atoms with Crippen molar-refractivity contribution in [2.75, 3.05) is 19.6 Å². The predicted octanol–water partition coefficient (Wildman–Crippen LogP) is 2.58. The number of halogens is 1. The Labute approximate surface area is 117 Å². The Kier molecular flexibility index (Phi) is 4.40. The van der Waals surface area contributed by atoms with E-state index in [1.165, 1.54) is 0 Å². The van der Waals surface area contributed by atoms with Crippen molar-refractivity contribution in [2.24, 2.45) is 0 Å². The minimum atomic E-state index is 0.144. The Morgan fingerprint density at radius 3 is 2.94 bits per heavy atom. The van der Waals surface area contributed by atoms with Gasteiger partial charge in [-0.25, -0.2) is 0 Å². The highest BCUT2D eigenvalue weighted by Gasteiger charge is 2.26. The van der Waals surface area contributed by atoms with Gasteiger partial charge in [0, 0.05) is 29.2 Å². The van der Waals surface area contributed by atoms with E-state index in [1.807, 2.05) is 36.9 Å². The molecule has 1 aliphatic rings. The second kappa shape index (κ2) is 5.85. The van der Waals surface area contributed by atoms with Crippen LogP contribution in [0.4, 0.5) is 0 Å². The fourth-order valence-electron chi connectivity index (χ4n) is 2.47. The van der Waals surface area contributed by atoms with Gasteiger partial charge in [-0.15, -0.1) is 0 Å². The molecule has 0 bridgehead atoms. The zero-order chi connectivity index (χ0) is 13.1. The van der Waals surface area contributed by atoms with Gasteiger partial charge in [-0.05, 0) is 44.5 Å². The van der Waals surface area contributed by atoms with Crippen LogP contribution in [0, 0.1) is 6.92 Å². The molecule has 1 aliphatic heterocycles. The van der Waals surface area contributed by atoms with Crippen molar-refractivity contribution in [1.82, 2.24) is 10.2 Å². The van der Waals surface area contributed by atoms with Crippen molar-refractivity contribution in [3.63, 3.8) is 0 Å². The molecule has 1 aromatic carbocycles. The summed E-state index contributed by atoms with van der Waals surface area (Å²) >= 11 is 3.49. The van der Waals surface area contributed by atoms with Gasteiger partial charge in [-0.3, -0.25) is 4.79 Å². The molecule has 0 aliphatic carbocycles. The molecule has 1 N–H and O–H groups in total. The first-order valence-corrected chi connectivity index (χ1v) is 7.21. The summed E-state index contributed by atoms with van der Waals surface area (Å²) in [5, 5.41) is 3.32. The Morgan fingerprint density at radius 2 is 2.33 bits per heavy atom. The molecule has 1 saturated heterocycles. The van der Waals surface area contributed by atoms with Crippen molar-refractivity contribution in [2.45, 2.75) is 26.3 Å². The first-order chi connectivity index (χ1) is 8.65. The number of nitrogens with one attached hydrogen (secondary N) is 1.